The molecule has 4 heteroatoms. The fourth-order valence-electron chi connectivity index (χ4n) is 1.56. The zero-order valence-electron chi connectivity index (χ0n) is 7.54. The first-order valence-electron chi connectivity index (χ1n) is 4.60. The van der Waals surface area contributed by atoms with E-state index in [-0.39, 0.29) is 11.9 Å². The summed E-state index contributed by atoms with van der Waals surface area (Å²) in [5.41, 5.74) is 0. The quantitative estimate of drug-likeness (QED) is 0.383. The van der Waals surface area contributed by atoms with Crippen molar-refractivity contribution >= 4 is 23.8 Å². The van der Waals surface area contributed by atoms with Crippen molar-refractivity contribution in [3.05, 3.63) is 0 Å². The van der Waals surface area contributed by atoms with E-state index in [9.17, 15) is 9.59 Å². The average Bonchev–Trinajstić information content (AvgIpc) is 2.48. The van der Waals surface area contributed by atoms with Gasteiger partial charge in [0.15, 0.2) is 0 Å². The van der Waals surface area contributed by atoms with E-state index in [2.05, 4.69) is 0 Å². The summed E-state index contributed by atoms with van der Waals surface area (Å²) in [7, 11) is 0. The van der Waals surface area contributed by atoms with Crippen LogP contribution in [0.25, 0.3) is 0 Å². The van der Waals surface area contributed by atoms with Crippen molar-refractivity contribution in [2.45, 2.75) is 31.7 Å². The number of alkyl halides is 1. The lowest BCUT2D eigenvalue weighted by molar-refractivity contribution is -0.131. The summed E-state index contributed by atoms with van der Waals surface area (Å²) in [5.74, 6) is 0.722. The van der Waals surface area contributed by atoms with Crippen LogP contribution < -0.4 is 0 Å². The second-order valence-corrected chi connectivity index (χ2v) is 3.60. The van der Waals surface area contributed by atoms with Gasteiger partial charge in [-0.15, -0.1) is 11.6 Å². The van der Waals surface area contributed by atoms with Crippen LogP contribution >= 0.6 is 11.6 Å². The lowest BCUT2D eigenvalue weighted by Crippen LogP contribution is -2.34. The highest BCUT2D eigenvalue weighted by Gasteiger charge is 2.29. The third-order valence-corrected chi connectivity index (χ3v) is 2.58. The van der Waals surface area contributed by atoms with Crippen molar-refractivity contribution < 1.29 is 9.59 Å². The van der Waals surface area contributed by atoms with Crippen molar-refractivity contribution in [2.24, 2.45) is 0 Å². The minimum Gasteiger partial charge on any atom is -0.333 e. The van der Waals surface area contributed by atoms with Gasteiger partial charge in [-0.25, -0.2) is 0 Å². The number of nitrogens with zero attached hydrogens (tertiary/aromatic N) is 1. The van der Waals surface area contributed by atoms with Crippen LogP contribution in [0, 0.1) is 0 Å². The number of aldehydes is 1. The van der Waals surface area contributed by atoms with Gasteiger partial charge < -0.3 is 9.69 Å². The molecule has 0 aromatic carbocycles. The molecule has 1 rings (SSSR count). The number of carbonyl (C=O) groups excluding carboxylic acids is 2. The van der Waals surface area contributed by atoms with E-state index in [4.69, 9.17) is 11.6 Å². The van der Waals surface area contributed by atoms with Crippen LogP contribution in [0.1, 0.15) is 25.7 Å². The summed E-state index contributed by atoms with van der Waals surface area (Å²) >= 11 is 5.52. The molecule has 0 spiro atoms. The second-order valence-electron chi connectivity index (χ2n) is 3.23. The van der Waals surface area contributed by atoms with E-state index < -0.39 is 0 Å². The second kappa shape index (κ2) is 5.22. The van der Waals surface area contributed by atoms with Crippen molar-refractivity contribution in [2.75, 3.05) is 12.4 Å². The van der Waals surface area contributed by atoms with Crippen molar-refractivity contribution in [3.63, 3.8) is 0 Å². The molecule has 1 saturated heterocycles. The molecule has 0 bridgehead atoms. The molecule has 0 radical (unpaired) electrons. The number of carbonyl (C=O) groups is 2. The molecule has 1 fully saturated rings. The Morgan fingerprint density at radius 2 is 2.31 bits per heavy atom. The largest absolute Gasteiger partial charge is 0.333 e. The molecule has 0 aliphatic carbocycles. The molecule has 13 heavy (non-hydrogen) atoms. The van der Waals surface area contributed by atoms with Gasteiger partial charge in [-0.2, -0.15) is 0 Å². The summed E-state index contributed by atoms with van der Waals surface area (Å²) in [6.07, 6.45) is 3.86. The molecule has 1 aliphatic heterocycles. The Bertz CT molecular complexity index is 196. The maximum absolute atomic E-state index is 11.3. The predicted octanol–water partition coefficient (Wildman–Crippen LogP) is 1.20. The monoisotopic (exact) mass is 203 g/mol. The molecule has 3 nitrogen and oxygen atoms in total. The van der Waals surface area contributed by atoms with Gasteiger partial charge in [0.25, 0.3) is 0 Å². The normalized spacial score (nSPS) is 22.4. The third kappa shape index (κ3) is 2.69. The van der Waals surface area contributed by atoms with Gasteiger partial charge in [0.05, 0.1) is 6.04 Å². The molecule has 0 aromatic heterocycles. The number of hydrogen-bond donors (Lipinski definition) is 0. The van der Waals surface area contributed by atoms with Crippen LogP contribution in [0.3, 0.4) is 0 Å². The zero-order chi connectivity index (χ0) is 9.68. The minimum absolute atomic E-state index is 0.103. The van der Waals surface area contributed by atoms with E-state index in [0.717, 1.165) is 19.1 Å². The van der Waals surface area contributed by atoms with E-state index in [1.807, 2.05) is 0 Å². The first-order chi connectivity index (χ1) is 6.29. The van der Waals surface area contributed by atoms with Gasteiger partial charge in [-0.05, 0) is 19.3 Å². The van der Waals surface area contributed by atoms with Gasteiger partial charge in [-0.3, -0.25) is 4.79 Å². The Morgan fingerprint density at radius 1 is 1.54 bits per heavy atom. The van der Waals surface area contributed by atoms with Crippen LogP contribution in [-0.2, 0) is 9.59 Å². The Balaban J connectivity index is 2.36. The SMILES string of the molecule is O=CC1CCC(=O)N1CCCCCl. The maximum Gasteiger partial charge on any atom is 0.223 e. The average molecular weight is 204 g/mol. The smallest absolute Gasteiger partial charge is 0.223 e. The summed E-state index contributed by atoms with van der Waals surface area (Å²) in [6, 6.07) is -0.178. The molecule has 0 saturated carbocycles. The standard InChI is InChI=1S/C9H14ClNO2/c10-5-1-2-6-11-8(7-12)3-4-9(11)13/h7-8H,1-6H2. The Kier molecular flexibility index (Phi) is 4.22. The fourth-order valence-corrected chi connectivity index (χ4v) is 1.75. The van der Waals surface area contributed by atoms with Crippen LogP contribution in [-0.4, -0.2) is 35.6 Å². The van der Waals surface area contributed by atoms with Crippen LogP contribution in [0.4, 0.5) is 0 Å². The highest BCUT2D eigenvalue weighted by molar-refractivity contribution is 6.17. The first-order valence-corrected chi connectivity index (χ1v) is 5.13. The Labute approximate surface area is 83.0 Å². The number of unbranched alkanes of at least 4 members (excludes halogenated alkanes) is 1. The van der Waals surface area contributed by atoms with Crippen molar-refractivity contribution in [1.82, 2.24) is 4.90 Å². The molecular weight excluding hydrogens is 190 g/mol. The molecule has 1 aliphatic rings. The first kappa shape index (κ1) is 10.5. The molecule has 1 atom stereocenters. The summed E-state index contributed by atoms with van der Waals surface area (Å²) in [6.45, 7) is 0.676. The Morgan fingerprint density at radius 3 is 2.92 bits per heavy atom. The van der Waals surface area contributed by atoms with Crippen LogP contribution in [0.5, 0.6) is 0 Å². The summed E-state index contributed by atoms with van der Waals surface area (Å²) < 4.78 is 0. The Hall–Kier alpha value is -0.570. The van der Waals surface area contributed by atoms with Gasteiger partial charge in [0.1, 0.15) is 6.29 Å². The molecule has 1 unspecified atom stereocenters. The highest BCUT2D eigenvalue weighted by Crippen LogP contribution is 2.17. The third-order valence-electron chi connectivity index (χ3n) is 2.31. The van der Waals surface area contributed by atoms with Gasteiger partial charge in [0, 0.05) is 18.8 Å². The summed E-state index contributed by atoms with van der Waals surface area (Å²) in [5, 5.41) is 0. The maximum atomic E-state index is 11.3. The lowest BCUT2D eigenvalue weighted by Gasteiger charge is -2.19. The number of likely N-dealkylation sites (tertiary alicyclic amines) is 1. The van der Waals surface area contributed by atoms with E-state index in [1.165, 1.54) is 0 Å². The summed E-state index contributed by atoms with van der Waals surface area (Å²) in [4.78, 5) is 23.5. The molecule has 0 N–H and O–H groups in total. The van der Waals surface area contributed by atoms with Crippen LogP contribution in [0.2, 0.25) is 0 Å². The molecule has 1 heterocycles. The predicted molar refractivity (Wildman–Crippen MR) is 50.8 cm³/mol. The van der Waals surface area contributed by atoms with Gasteiger partial charge in [-0.1, -0.05) is 0 Å². The molecule has 1 amide bonds. The number of hydrogen-bond acceptors (Lipinski definition) is 2. The van der Waals surface area contributed by atoms with E-state index >= 15 is 0 Å². The fraction of sp³-hybridized carbons (Fsp3) is 0.778. The topological polar surface area (TPSA) is 37.4 Å². The molecule has 74 valence electrons. The van der Waals surface area contributed by atoms with Crippen molar-refractivity contribution in [1.29, 1.82) is 0 Å². The minimum atomic E-state index is -0.178. The van der Waals surface area contributed by atoms with Crippen LogP contribution in [0.15, 0.2) is 0 Å². The van der Waals surface area contributed by atoms with Gasteiger partial charge in [0.2, 0.25) is 5.91 Å². The molecular formula is C9H14ClNO2. The zero-order valence-corrected chi connectivity index (χ0v) is 8.29. The highest BCUT2D eigenvalue weighted by atomic mass is 35.5. The number of rotatable bonds is 5. The van der Waals surface area contributed by atoms with Crippen molar-refractivity contribution in [3.8, 4) is 0 Å². The van der Waals surface area contributed by atoms with E-state index in [0.29, 0.717) is 25.3 Å². The number of amides is 1. The van der Waals surface area contributed by atoms with Gasteiger partial charge >= 0.3 is 0 Å². The lowest BCUT2D eigenvalue weighted by atomic mass is 10.2. The van der Waals surface area contributed by atoms with E-state index in [1.54, 1.807) is 4.90 Å². The molecule has 0 aromatic rings. The number of halogens is 1.